The molecule has 97 heavy (non-hydrogen) atoms. The van der Waals surface area contributed by atoms with E-state index in [1.165, 1.54) is 11.1 Å². The number of phenolic OH excluding ortho intramolecular Hbond substituents is 4. The Hall–Kier alpha value is -8.21. The summed E-state index contributed by atoms with van der Waals surface area (Å²) in [6, 6.07) is 59.6. The molecule has 17 heteroatoms. The van der Waals surface area contributed by atoms with Gasteiger partial charge in [-0.2, -0.15) is 0 Å². The van der Waals surface area contributed by atoms with E-state index >= 15 is 0 Å². The molecule has 510 valence electrons. The van der Waals surface area contributed by atoms with Gasteiger partial charge in [0, 0.05) is 112 Å². The molecule has 8 aromatic rings. The molecule has 5 N–H and O–H groups in total. The molecule has 8 atom stereocenters. The SMILES string of the molecule is O=C1CC[C@@H]2c3cc(O)ccc3O[C@H](c3ccc(O)cc3)[C@@H]2C1.OC1CCCO1.Oc1ccc([C@H]2Oc3ccc(O)cc3[C@H]3CCC4(C[C@H]32)OCCO4)cc1.[CH3-].[Pd].c1ccc(COc2ccc(C3=C4CC5(CC[C@@H]4c4cc(OCc6ccccc6)ccc4O3)OCCO5)cc2)cc1. The van der Waals surface area contributed by atoms with Crippen LogP contribution in [0.2, 0.25) is 0 Å². The monoisotopic (exact) mass is 1410 g/mol. The summed E-state index contributed by atoms with van der Waals surface area (Å²) in [5.74, 6) is 6.15. The third-order valence-corrected chi connectivity index (χ3v) is 19.8. The molecule has 6 heterocycles. The third kappa shape index (κ3) is 15.7. The molecule has 3 saturated heterocycles. The Morgan fingerprint density at radius 2 is 1.01 bits per heavy atom. The van der Waals surface area contributed by atoms with E-state index in [0.717, 1.165) is 131 Å². The van der Waals surface area contributed by atoms with Gasteiger partial charge in [0.15, 0.2) is 17.9 Å². The number of carbonyl (C=O) groups is 1. The summed E-state index contributed by atoms with van der Waals surface area (Å²) in [5, 5.41) is 47.4. The number of phenols is 4. The zero-order chi connectivity index (χ0) is 64.9. The van der Waals surface area contributed by atoms with Crippen LogP contribution < -0.4 is 23.7 Å². The van der Waals surface area contributed by atoms with Crippen LogP contribution in [-0.2, 0) is 62.1 Å². The summed E-state index contributed by atoms with van der Waals surface area (Å²) in [5.41, 5.74) is 9.76. The number of carbonyl (C=O) groups excluding carboxylic acids is 1. The molecule has 0 amide bonds. The molecular weight excluding hydrogens is 1320 g/mol. The zero-order valence-electron chi connectivity index (χ0n) is 54.3. The van der Waals surface area contributed by atoms with E-state index in [0.29, 0.717) is 58.9 Å². The van der Waals surface area contributed by atoms with Crippen LogP contribution in [0, 0.1) is 19.3 Å². The van der Waals surface area contributed by atoms with Crippen LogP contribution in [0.1, 0.15) is 145 Å². The van der Waals surface area contributed by atoms with Crippen LogP contribution in [0.15, 0.2) is 194 Å². The maximum Gasteiger partial charge on any atom is 0.172 e. The van der Waals surface area contributed by atoms with Crippen molar-refractivity contribution < 1.29 is 98.1 Å². The van der Waals surface area contributed by atoms with Crippen LogP contribution in [-0.4, -0.2) is 82.2 Å². The van der Waals surface area contributed by atoms with E-state index in [4.69, 9.17) is 52.5 Å². The Labute approximate surface area is 580 Å². The average molecular weight is 1410 g/mol. The second-order valence-corrected chi connectivity index (χ2v) is 25.9. The maximum atomic E-state index is 12.0. The number of ether oxygens (including phenoxy) is 10. The first-order valence-electron chi connectivity index (χ1n) is 33.3. The minimum atomic E-state index is -0.557. The van der Waals surface area contributed by atoms with Crippen LogP contribution >= 0.6 is 0 Å². The van der Waals surface area contributed by atoms with Gasteiger partial charge in [0.05, 0.1) is 26.4 Å². The van der Waals surface area contributed by atoms with Gasteiger partial charge >= 0.3 is 0 Å². The number of hydrogen-bond acceptors (Lipinski definition) is 16. The summed E-state index contributed by atoms with van der Waals surface area (Å²) in [6.45, 7) is 4.35. The molecule has 3 saturated carbocycles. The van der Waals surface area contributed by atoms with Crippen LogP contribution in [0.3, 0.4) is 0 Å². The molecule has 6 fully saturated rings. The Kier molecular flexibility index (Phi) is 21.7. The fourth-order valence-corrected chi connectivity index (χ4v) is 15.2. The number of hydrogen-bond donors (Lipinski definition) is 5. The fourth-order valence-electron chi connectivity index (χ4n) is 15.2. The van der Waals surface area contributed by atoms with Crippen molar-refractivity contribution in [1.29, 1.82) is 0 Å². The Balaban J connectivity index is 0.000000137. The molecule has 17 rings (SSSR count). The molecule has 8 aromatic carbocycles. The molecule has 16 nitrogen and oxygen atoms in total. The normalized spacial score (nSPS) is 23.9. The number of aliphatic hydroxyl groups excluding tert-OH is 1. The third-order valence-electron chi connectivity index (χ3n) is 19.8. The topological polar surface area (TPSA) is 211 Å². The van der Waals surface area contributed by atoms with Crippen LogP contribution in [0.4, 0.5) is 0 Å². The average Bonchev–Trinajstić information content (AvgIpc) is 1.62. The molecule has 0 radical (unpaired) electrons. The Bertz CT molecular complexity index is 3960. The van der Waals surface area contributed by atoms with E-state index in [1.807, 2.05) is 97.1 Å². The summed E-state index contributed by atoms with van der Waals surface area (Å²) in [6.07, 6.45) is 7.92. The summed E-state index contributed by atoms with van der Waals surface area (Å²) in [7, 11) is 0. The summed E-state index contributed by atoms with van der Waals surface area (Å²) < 4.78 is 60.4. The number of Topliss-reactive ketones (excluding diaryl/α,β-unsaturated/α-hetero) is 1. The van der Waals surface area contributed by atoms with Gasteiger partial charge in [-0.25, -0.2) is 0 Å². The Morgan fingerprint density at radius 1 is 0.495 bits per heavy atom. The van der Waals surface area contributed by atoms with Gasteiger partial charge in [0.2, 0.25) is 0 Å². The van der Waals surface area contributed by atoms with Crippen molar-refractivity contribution in [3.8, 4) is 51.7 Å². The van der Waals surface area contributed by atoms with Gasteiger partial charge in [-0.3, -0.25) is 4.79 Å². The van der Waals surface area contributed by atoms with Crippen LogP contribution in [0.5, 0.6) is 51.7 Å². The first-order valence-corrected chi connectivity index (χ1v) is 33.3. The number of rotatable bonds is 9. The largest absolute Gasteiger partial charge is 0.508 e. The quantitative estimate of drug-likeness (QED) is 0.0672. The number of aliphatic hydroxyl groups is 1. The van der Waals surface area contributed by atoms with E-state index in [2.05, 4.69) is 42.5 Å². The van der Waals surface area contributed by atoms with Gasteiger partial charge in [-0.05, 0) is 168 Å². The standard InChI is InChI=1S/C35H32O5.C21H22O5.C19H18O4.C4H8O2.CH3.Pd/c1-3-7-25(8-4-1)23-36-28-13-11-27(12-14-28)34-32-22-35(38-19-20-39-35)18-17-30(32)31-21-29(15-16-33(31)40-34)37-24-26-9-5-2-6-10-26;22-14-3-1-13(2-4-14)20-18-12-21(24-9-10-25-21)8-7-16(18)17-11-15(23)5-6-19(17)26-20;20-12-3-1-11(2-4-12)19-17-10-13(21)5-7-15(17)16-9-14(22)6-8-18(16)23-19;5-4-2-1-3-6-4;;/h1-16,21,30H,17-20,22-24H2;1-6,11,16,18,20,22-23H,7-10,12H2;1-4,6,8-9,15,17,19-20,22H,5,7,10H2;4-5H,1-3H2;1H3;/q;;;;-1;/t30-;16-,18-,20-;15-,17-,19-;;;/m111.../s1. The molecule has 0 aromatic heterocycles. The zero-order valence-corrected chi connectivity index (χ0v) is 55.8. The molecule has 1 unspecified atom stereocenters. The van der Waals surface area contributed by atoms with Crippen molar-refractivity contribution in [1.82, 2.24) is 0 Å². The summed E-state index contributed by atoms with van der Waals surface area (Å²) in [4.78, 5) is 12.0. The van der Waals surface area contributed by atoms with Gasteiger partial charge in [-0.1, -0.05) is 84.9 Å². The predicted molar refractivity (Wildman–Crippen MR) is 360 cm³/mol. The van der Waals surface area contributed by atoms with Gasteiger partial charge in [-0.15, -0.1) is 0 Å². The first kappa shape index (κ1) is 68.7. The van der Waals surface area contributed by atoms with Gasteiger partial charge in [0.1, 0.15) is 88.7 Å². The van der Waals surface area contributed by atoms with Crippen molar-refractivity contribution in [3.63, 3.8) is 0 Å². The predicted octanol–water partition coefficient (Wildman–Crippen LogP) is 15.8. The van der Waals surface area contributed by atoms with Gasteiger partial charge < -0.3 is 80.3 Å². The molecule has 9 aliphatic rings. The van der Waals surface area contributed by atoms with Crippen molar-refractivity contribution in [2.45, 2.75) is 132 Å². The number of ketones is 1. The number of aromatic hydroxyl groups is 4. The minimum absolute atomic E-state index is 0. The smallest absolute Gasteiger partial charge is 0.172 e. The first-order chi connectivity index (χ1) is 46.4. The molecular formula is C80H83O16Pd-. The second-order valence-electron chi connectivity index (χ2n) is 25.9. The minimum Gasteiger partial charge on any atom is -0.508 e. The Morgan fingerprint density at radius 3 is 1.57 bits per heavy atom. The van der Waals surface area contributed by atoms with Crippen molar-refractivity contribution in [2.24, 2.45) is 11.8 Å². The fraction of sp³-hybridized carbons (Fsp3) is 0.350. The summed E-state index contributed by atoms with van der Waals surface area (Å²) >= 11 is 0. The van der Waals surface area contributed by atoms with E-state index in [1.54, 1.807) is 48.5 Å². The number of benzene rings is 8. The van der Waals surface area contributed by atoms with E-state index < -0.39 is 17.9 Å². The van der Waals surface area contributed by atoms with Crippen molar-refractivity contribution in [3.05, 3.63) is 246 Å². The second kappa shape index (κ2) is 30.7. The van der Waals surface area contributed by atoms with Crippen molar-refractivity contribution >= 4 is 11.5 Å². The molecule has 3 aliphatic carbocycles. The van der Waals surface area contributed by atoms with Gasteiger partial charge in [0.25, 0.3) is 0 Å². The number of fused-ring (bicyclic) bond motifs is 9. The maximum absolute atomic E-state index is 12.0. The molecule has 6 aliphatic heterocycles. The molecule has 2 spiro atoms. The molecule has 0 bridgehead atoms. The van der Waals surface area contributed by atoms with Crippen molar-refractivity contribution in [2.75, 3.05) is 33.0 Å². The van der Waals surface area contributed by atoms with Crippen LogP contribution in [0.25, 0.3) is 5.76 Å². The van der Waals surface area contributed by atoms with E-state index in [-0.39, 0.29) is 98.4 Å². The van der Waals surface area contributed by atoms with E-state index in [9.17, 15) is 25.2 Å².